The first-order valence-electron chi connectivity index (χ1n) is 6.74. The van der Waals surface area contributed by atoms with Crippen molar-refractivity contribution >= 4 is 41.3 Å². The lowest BCUT2D eigenvalue weighted by Crippen LogP contribution is -2.40. The van der Waals surface area contributed by atoms with E-state index < -0.39 is 5.60 Å². The predicted molar refractivity (Wildman–Crippen MR) is 98.1 cm³/mol. The standard InChI is InChI=1S/C14H25N3OS.HI/c1-5-15-13(16-9-11(2)3)17-10-14(4,18)12-7-6-8-19-12;/h6-8,11,18H,5,9-10H2,1-4H3,(H2,15,16,17);1H. The Kier molecular flexibility index (Phi) is 9.41. The van der Waals surface area contributed by atoms with Crippen LogP contribution in [0.3, 0.4) is 0 Å². The van der Waals surface area contributed by atoms with E-state index in [0.29, 0.717) is 12.5 Å². The molecule has 3 N–H and O–H groups in total. The lowest BCUT2D eigenvalue weighted by Gasteiger charge is -2.21. The quantitative estimate of drug-likeness (QED) is 0.383. The van der Waals surface area contributed by atoms with Gasteiger partial charge in [-0.1, -0.05) is 19.9 Å². The third-order valence-electron chi connectivity index (χ3n) is 2.62. The van der Waals surface area contributed by atoms with Crippen LogP contribution in [-0.4, -0.2) is 30.7 Å². The maximum Gasteiger partial charge on any atom is 0.191 e. The smallest absolute Gasteiger partial charge is 0.191 e. The molecule has 20 heavy (non-hydrogen) atoms. The second kappa shape index (κ2) is 9.57. The lowest BCUT2D eigenvalue weighted by atomic mass is 10.1. The van der Waals surface area contributed by atoms with Crippen LogP contribution < -0.4 is 10.6 Å². The SMILES string of the molecule is CCNC(=NCC(C)(O)c1cccs1)NCC(C)C.I. The molecule has 0 saturated carbocycles. The maximum absolute atomic E-state index is 10.4. The number of rotatable bonds is 6. The van der Waals surface area contributed by atoms with Crippen LogP contribution in [0.5, 0.6) is 0 Å². The molecule has 0 fully saturated rings. The van der Waals surface area contributed by atoms with Gasteiger partial charge in [0.1, 0.15) is 5.60 Å². The van der Waals surface area contributed by atoms with Gasteiger partial charge in [-0.05, 0) is 31.2 Å². The topological polar surface area (TPSA) is 56.7 Å². The summed E-state index contributed by atoms with van der Waals surface area (Å²) in [5, 5.41) is 18.8. The summed E-state index contributed by atoms with van der Waals surface area (Å²) in [7, 11) is 0. The molecule has 0 aliphatic heterocycles. The molecule has 0 aromatic carbocycles. The van der Waals surface area contributed by atoms with Crippen LogP contribution in [0.15, 0.2) is 22.5 Å². The van der Waals surface area contributed by atoms with Crippen LogP contribution in [0.2, 0.25) is 0 Å². The fourth-order valence-corrected chi connectivity index (χ4v) is 2.32. The predicted octanol–water partition coefficient (Wildman–Crippen LogP) is 2.78. The van der Waals surface area contributed by atoms with Gasteiger partial charge in [-0.3, -0.25) is 0 Å². The van der Waals surface area contributed by atoms with Crippen molar-refractivity contribution in [3.8, 4) is 0 Å². The summed E-state index contributed by atoms with van der Waals surface area (Å²) in [5.74, 6) is 1.31. The zero-order valence-electron chi connectivity index (χ0n) is 12.6. The molecule has 0 bridgehead atoms. The highest BCUT2D eigenvalue weighted by Crippen LogP contribution is 2.25. The highest BCUT2D eigenvalue weighted by molar-refractivity contribution is 14.0. The number of nitrogens with zero attached hydrogens (tertiary/aromatic N) is 1. The zero-order valence-corrected chi connectivity index (χ0v) is 15.8. The molecule has 116 valence electrons. The highest BCUT2D eigenvalue weighted by Gasteiger charge is 2.23. The van der Waals surface area contributed by atoms with Crippen molar-refractivity contribution in [2.45, 2.75) is 33.3 Å². The molecule has 1 aromatic rings. The normalized spacial score (nSPS) is 14.6. The first kappa shape index (κ1) is 19.7. The molecule has 1 heterocycles. The van der Waals surface area contributed by atoms with E-state index in [2.05, 4.69) is 29.5 Å². The molecule has 6 heteroatoms. The minimum atomic E-state index is -0.908. The molecule has 1 aromatic heterocycles. The van der Waals surface area contributed by atoms with Gasteiger partial charge in [-0.15, -0.1) is 35.3 Å². The fourth-order valence-electron chi connectivity index (χ4n) is 1.54. The van der Waals surface area contributed by atoms with E-state index in [9.17, 15) is 5.11 Å². The third kappa shape index (κ3) is 6.90. The molecule has 0 spiro atoms. The maximum atomic E-state index is 10.4. The molecular formula is C14H26IN3OS. The number of halogens is 1. The van der Waals surface area contributed by atoms with Crippen molar-refractivity contribution in [1.82, 2.24) is 10.6 Å². The van der Waals surface area contributed by atoms with Crippen LogP contribution >= 0.6 is 35.3 Å². The number of hydrogen-bond acceptors (Lipinski definition) is 3. The number of thiophene rings is 1. The van der Waals surface area contributed by atoms with Gasteiger partial charge in [-0.2, -0.15) is 0 Å². The summed E-state index contributed by atoms with van der Waals surface area (Å²) in [6.45, 7) is 10.2. The molecular weight excluding hydrogens is 385 g/mol. The first-order valence-corrected chi connectivity index (χ1v) is 7.62. The van der Waals surface area contributed by atoms with Crippen LogP contribution in [0, 0.1) is 5.92 Å². The van der Waals surface area contributed by atoms with Crippen LogP contribution in [-0.2, 0) is 5.60 Å². The van der Waals surface area contributed by atoms with Gasteiger partial charge in [-0.25, -0.2) is 4.99 Å². The zero-order chi connectivity index (χ0) is 14.3. The van der Waals surface area contributed by atoms with Crippen molar-refractivity contribution < 1.29 is 5.11 Å². The molecule has 0 aliphatic rings. The van der Waals surface area contributed by atoms with Crippen molar-refractivity contribution in [2.75, 3.05) is 19.6 Å². The summed E-state index contributed by atoms with van der Waals surface area (Å²) < 4.78 is 0. The molecule has 1 atom stereocenters. The van der Waals surface area contributed by atoms with Crippen molar-refractivity contribution in [3.63, 3.8) is 0 Å². The average molecular weight is 411 g/mol. The molecule has 0 radical (unpaired) electrons. The summed E-state index contributed by atoms with van der Waals surface area (Å²) in [6, 6.07) is 3.88. The molecule has 1 unspecified atom stereocenters. The fraction of sp³-hybridized carbons (Fsp3) is 0.643. The number of guanidine groups is 1. The van der Waals surface area contributed by atoms with Crippen LogP contribution in [0.4, 0.5) is 0 Å². The number of aliphatic hydroxyl groups is 1. The van der Waals surface area contributed by atoms with E-state index in [1.165, 1.54) is 0 Å². The number of hydrogen-bond donors (Lipinski definition) is 3. The van der Waals surface area contributed by atoms with E-state index in [0.717, 1.165) is 23.9 Å². The minimum Gasteiger partial charge on any atom is -0.383 e. The average Bonchev–Trinajstić information content (AvgIpc) is 2.87. The van der Waals surface area contributed by atoms with Crippen molar-refractivity contribution in [3.05, 3.63) is 22.4 Å². The third-order valence-corrected chi connectivity index (χ3v) is 3.74. The number of aliphatic imine (C=N–C) groups is 1. The Morgan fingerprint density at radius 1 is 1.45 bits per heavy atom. The molecule has 0 saturated heterocycles. The monoisotopic (exact) mass is 411 g/mol. The van der Waals surface area contributed by atoms with Gasteiger partial charge in [0.15, 0.2) is 5.96 Å². The van der Waals surface area contributed by atoms with Crippen molar-refractivity contribution in [1.29, 1.82) is 0 Å². The largest absolute Gasteiger partial charge is 0.383 e. The Balaban J connectivity index is 0.00000361. The molecule has 1 rings (SSSR count). The second-order valence-corrected chi connectivity index (χ2v) is 6.17. The van der Waals surface area contributed by atoms with Crippen LogP contribution in [0.25, 0.3) is 0 Å². The first-order chi connectivity index (χ1) is 8.95. The van der Waals surface area contributed by atoms with Crippen molar-refractivity contribution in [2.24, 2.45) is 10.9 Å². The molecule has 0 amide bonds. The van der Waals surface area contributed by atoms with E-state index in [1.807, 2.05) is 24.4 Å². The second-order valence-electron chi connectivity index (χ2n) is 5.22. The Morgan fingerprint density at radius 3 is 2.65 bits per heavy atom. The summed E-state index contributed by atoms with van der Waals surface area (Å²) in [5.41, 5.74) is -0.908. The van der Waals surface area contributed by atoms with Gasteiger partial charge < -0.3 is 15.7 Å². The van der Waals surface area contributed by atoms with E-state index in [-0.39, 0.29) is 24.0 Å². The number of nitrogens with one attached hydrogen (secondary N) is 2. The summed E-state index contributed by atoms with van der Waals surface area (Å²) in [4.78, 5) is 5.40. The van der Waals surface area contributed by atoms with Gasteiger partial charge in [0.05, 0.1) is 6.54 Å². The molecule has 0 aliphatic carbocycles. The Bertz CT molecular complexity index is 391. The summed E-state index contributed by atoms with van der Waals surface area (Å²) >= 11 is 1.55. The lowest BCUT2D eigenvalue weighted by molar-refractivity contribution is 0.0711. The Hall–Kier alpha value is -0.340. The van der Waals surface area contributed by atoms with Gasteiger partial charge in [0, 0.05) is 18.0 Å². The summed E-state index contributed by atoms with van der Waals surface area (Å²) in [6.07, 6.45) is 0. The van der Waals surface area contributed by atoms with E-state index in [4.69, 9.17) is 0 Å². The van der Waals surface area contributed by atoms with E-state index in [1.54, 1.807) is 18.3 Å². The minimum absolute atomic E-state index is 0. The Morgan fingerprint density at radius 2 is 2.15 bits per heavy atom. The van der Waals surface area contributed by atoms with Gasteiger partial charge in [0.25, 0.3) is 0 Å². The van der Waals surface area contributed by atoms with Gasteiger partial charge in [0.2, 0.25) is 0 Å². The van der Waals surface area contributed by atoms with E-state index >= 15 is 0 Å². The van der Waals surface area contributed by atoms with Crippen LogP contribution in [0.1, 0.15) is 32.6 Å². The highest BCUT2D eigenvalue weighted by atomic mass is 127. The molecule has 4 nitrogen and oxygen atoms in total. The van der Waals surface area contributed by atoms with Gasteiger partial charge >= 0.3 is 0 Å². The Labute approximate surface area is 143 Å².